The van der Waals surface area contributed by atoms with E-state index in [1.54, 1.807) is 4.57 Å². The third-order valence-electron chi connectivity index (χ3n) is 3.33. The molecule has 0 aliphatic rings. The van der Waals surface area contributed by atoms with Crippen LogP contribution in [0.1, 0.15) is 31.1 Å². The molecule has 0 aliphatic heterocycles. The number of rotatable bonds is 4. The zero-order valence-electron chi connectivity index (χ0n) is 12.1. The molecule has 106 valence electrons. The fourth-order valence-corrected chi connectivity index (χ4v) is 2.35. The van der Waals surface area contributed by atoms with Crippen molar-refractivity contribution in [2.45, 2.75) is 33.2 Å². The molecule has 0 atom stereocenters. The highest BCUT2D eigenvalue weighted by Gasteiger charge is 2.16. The third kappa shape index (κ3) is 2.65. The topological polar surface area (TPSA) is 55.1 Å². The number of aryl methyl sites for hydroxylation is 1. The predicted molar refractivity (Wildman–Crippen MR) is 79.8 cm³/mol. The highest BCUT2D eigenvalue weighted by atomic mass is 16.3. The Morgan fingerprint density at radius 1 is 1.25 bits per heavy atom. The predicted octanol–water partition coefficient (Wildman–Crippen LogP) is 2.33. The number of nitrogens with zero attached hydrogens (tertiary/aromatic N) is 2. The number of aliphatic hydroxyl groups is 1. The van der Waals surface area contributed by atoms with Crippen LogP contribution in [0.5, 0.6) is 0 Å². The minimum absolute atomic E-state index is 0.0169. The molecular weight excluding hydrogens is 252 g/mol. The molecule has 4 nitrogen and oxygen atoms in total. The summed E-state index contributed by atoms with van der Waals surface area (Å²) in [5.41, 5.74) is 2.16. The molecule has 0 aliphatic carbocycles. The second kappa shape index (κ2) is 6.01. The first-order valence-corrected chi connectivity index (χ1v) is 6.84. The van der Waals surface area contributed by atoms with Gasteiger partial charge in [-0.1, -0.05) is 30.3 Å². The van der Waals surface area contributed by atoms with Crippen LogP contribution in [0.2, 0.25) is 0 Å². The summed E-state index contributed by atoms with van der Waals surface area (Å²) in [6.07, 6.45) is 0.347. The molecule has 1 aromatic carbocycles. The van der Waals surface area contributed by atoms with Crippen LogP contribution in [-0.4, -0.2) is 21.3 Å². The zero-order valence-corrected chi connectivity index (χ0v) is 12.1. The van der Waals surface area contributed by atoms with Crippen LogP contribution < -0.4 is 5.56 Å². The SMILES string of the molecule is Cc1nc(-c2ccccc2)n(C(C)C)c(=O)c1CCO. The summed E-state index contributed by atoms with van der Waals surface area (Å²) in [5, 5.41) is 9.11. The maximum atomic E-state index is 12.6. The lowest BCUT2D eigenvalue weighted by atomic mass is 10.1. The maximum absolute atomic E-state index is 12.6. The standard InChI is InChI=1S/C16H20N2O2/c1-11(2)18-15(13-7-5-4-6-8-13)17-12(3)14(9-10-19)16(18)20/h4-8,11,19H,9-10H2,1-3H3. The quantitative estimate of drug-likeness (QED) is 0.929. The van der Waals surface area contributed by atoms with Crippen molar-refractivity contribution in [2.75, 3.05) is 6.61 Å². The van der Waals surface area contributed by atoms with E-state index in [4.69, 9.17) is 5.11 Å². The first kappa shape index (κ1) is 14.5. The van der Waals surface area contributed by atoms with Gasteiger partial charge in [0, 0.05) is 35.9 Å². The molecule has 0 unspecified atom stereocenters. The summed E-state index contributed by atoms with van der Waals surface area (Å²) in [6, 6.07) is 9.72. The highest BCUT2D eigenvalue weighted by molar-refractivity contribution is 5.55. The summed E-state index contributed by atoms with van der Waals surface area (Å²) in [4.78, 5) is 17.2. The minimum Gasteiger partial charge on any atom is -0.396 e. The molecule has 1 heterocycles. The van der Waals surface area contributed by atoms with E-state index in [0.717, 1.165) is 5.56 Å². The molecule has 0 spiro atoms. The van der Waals surface area contributed by atoms with Crippen molar-refractivity contribution < 1.29 is 5.11 Å². The van der Waals surface area contributed by atoms with E-state index in [0.29, 0.717) is 23.5 Å². The van der Waals surface area contributed by atoms with Gasteiger partial charge >= 0.3 is 0 Å². The Kier molecular flexibility index (Phi) is 4.35. The molecule has 1 aromatic heterocycles. The Morgan fingerprint density at radius 2 is 1.90 bits per heavy atom. The van der Waals surface area contributed by atoms with E-state index in [2.05, 4.69) is 4.98 Å². The summed E-state index contributed by atoms with van der Waals surface area (Å²) in [6.45, 7) is 5.71. The van der Waals surface area contributed by atoms with Gasteiger partial charge in [-0.25, -0.2) is 4.98 Å². The molecule has 2 rings (SSSR count). The molecule has 0 fully saturated rings. The van der Waals surface area contributed by atoms with Crippen LogP contribution in [0, 0.1) is 6.92 Å². The van der Waals surface area contributed by atoms with Crippen LogP contribution in [-0.2, 0) is 6.42 Å². The van der Waals surface area contributed by atoms with E-state index in [9.17, 15) is 4.79 Å². The summed E-state index contributed by atoms with van der Waals surface area (Å²) in [5.74, 6) is 0.685. The normalized spacial score (nSPS) is 11.1. The lowest BCUT2D eigenvalue weighted by molar-refractivity contribution is 0.298. The first-order valence-electron chi connectivity index (χ1n) is 6.84. The lowest BCUT2D eigenvalue weighted by Gasteiger charge is -2.18. The van der Waals surface area contributed by atoms with Crippen molar-refractivity contribution in [1.29, 1.82) is 0 Å². The van der Waals surface area contributed by atoms with Gasteiger partial charge in [0.15, 0.2) is 0 Å². The second-order valence-electron chi connectivity index (χ2n) is 5.11. The summed E-state index contributed by atoms with van der Waals surface area (Å²) < 4.78 is 1.70. The second-order valence-corrected chi connectivity index (χ2v) is 5.11. The van der Waals surface area contributed by atoms with Gasteiger partial charge in [-0.3, -0.25) is 9.36 Å². The van der Waals surface area contributed by atoms with Gasteiger partial charge in [0.25, 0.3) is 5.56 Å². The average Bonchev–Trinajstić information content (AvgIpc) is 2.43. The van der Waals surface area contributed by atoms with Gasteiger partial charge in [0.2, 0.25) is 0 Å². The van der Waals surface area contributed by atoms with Gasteiger partial charge in [0.1, 0.15) is 5.82 Å². The van der Waals surface area contributed by atoms with Crippen molar-refractivity contribution >= 4 is 0 Å². The average molecular weight is 272 g/mol. The fourth-order valence-electron chi connectivity index (χ4n) is 2.35. The monoisotopic (exact) mass is 272 g/mol. The van der Waals surface area contributed by atoms with E-state index in [1.165, 1.54) is 0 Å². The van der Waals surface area contributed by atoms with Crippen LogP contribution in [0.25, 0.3) is 11.4 Å². The lowest BCUT2D eigenvalue weighted by Crippen LogP contribution is -2.29. The summed E-state index contributed by atoms with van der Waals surface area (Å²) >= 11 is 0. The summed E-state index contributed by atoms with van der Waals surface area (Å²) in [7, 11) is 0. The molecule has 0 amide bonds. The van der Waals surface area contributed by atoms with E-state index in [-0.39, 0.29) is 18.2 Å². The number of aliphatic hydroxyl groups excluding tert-OH is 1. The Morgan fingerprint density at radius 3 is 2.45 bits per heavy atom. The molecule has 1 N–H and O–H groups in total. The first-order chi connectivity index (χ1) is 9.56. The molecule has 2 aromatic rings. The van der Waals surface area contributed by atoms with Crippen LogP contribution in [0.3, 0.4) is 0 Å². The third-order valence-corrected chi connectivity index (χ3v) is 3.33. The number of benzene rings is 1. The van der Waals surface area contributed by atoms with Crippen LogP contribution >= 0.6 is 0 Å². The maximum Gasteiger partial charge on any atom is 0.257 e. The molecular formula is C16H20N2O2. The van der Waals surface area contributed by atoms with Gasteiger partial charge in [-0.2, -0.15) is 0 Å². The molecule has 0 radical (unpaired) electrons. The number of hydrogen-bond acceptors (Lipinski definition) is 3. The molecule has 0 bridgehead atoms. The molecule has 0 saturated carbocycles. The number of aromatic nitrogens is 2. The van der Waals surface area contributed by atoms with Gasteiger partial charge in [-0.15, -0.1) is 0 Å². The highest BCUT2D eigenvalue weighted by Crippen LogP contribution is 2.20. The minimum atomic E-state index is -0.0552. The van der Waals surface area contributed by atoms with E-state index >= 15 is 0 Å². The largest absolute Gasteiger partial charge is 0.396 e. The van der Waals surface area contributed by atoms with Gasteiger partial charge in [0.05, 0.1) is 0 Å². The molecule has 0 saturated heterocycles. The van der Waals surface area contributed by atoms with Crippen LogP contribution in [0.15, 0.2) is 35.1 Å². The number of hydrogen-bond donors (Lipinski definition) is 1. The van der Waals surface area contributed by atoms with Crippen molar-refractivity contribution in [2.24, 2.45) is 0 Å². The Bertz CT molecular complexity index is 646. The Hall–Kier alpha value is -1.94. The van der Waals surface area contributed by atoms with Gasteiger partial charge < -0.3 is 5.11 Å². The Labute approximate surface area is 118 Å². The zero-order chi connectivity index (χ0) is 14.7. The van der Waals surface area contributed by atoms with Crippen LogP contribution in [0.4, 0.5) is 0 Å². The van der Waals surface area contributed by atoms with Crippen molar-refractivity contribution in [3.8, 4) is 11.4 Å². The molecule has 20 heavy (non-hydrogen) atoms. The molecule has 4 heteroatoms. The van der Waals surface area contributed by atoms with Gasteiger partial charge in [-0.05, 0) is 20.8 Å². The fraction of sp³-hybridized carbons (Fsp3) is 0.375. The van der Waals surface area contributed by atoms with Crippen molar-refractivity contribution in [3.05, 3.63) is 51.9 Å². The van der Waals surface area contributed by atoms with Crippen molar-refractivity contribution in [3.63, 3.8) is 0 Å². The van der Waals surface area contributed by atoms with Crippen molar-refractivity contribution in [1.82, 2.24) is 9.55 Å². The Balaban J connectivity index is 2.73. The van der Waals surface area contributed by atoms with E-state index < -0.39 is 0 Å². The van der Waals surface area contributed by atoms with E-state index in [1.807, 2.05) is 51.1 Å². The smallest absolute Gasteiger partial charge is 0.257 e.